The first-order valence-electron chi connectivity index (χ1n) is 3.06. The molecule has 2 atom stereocenters. The SMILES string of the molecule is C[C@H]1CCO[C@@H]1C(=O)O. The van der Waals surface area contributed by atoms with E-state index in [0.29, 0.717) is 6.61 Å². The number of carboxylic acids is 1. The van der Waals surface area contributed by atoms with Crippen molar-refractivity contribution in [3.8, 4) is 0 Å². The average molecular weight is 130 g/mol. The molecule has 1 aliphatic rings. The lowest BCUT2D eigenvalue weighted by molar-refractivity contribution is -0.148. The molecule has 0 radical (unpaired) electrons. The molecule has 0 aromatic rings. The molecule has 0 aromatic heterocycles. The number of ether oxygens (including phenoxy) is 1. The van der Waals surface area contributed by atoms with Crippen LogP contribution in [0.25, 0.3) is 0 Å². The molecule has 1 aliphatic heterocycles. The number of hydrogen-bond acceptors (Lipinski definition) is 2. The van der Waals surface area contributed by atoms with Crippen LogP contribution >= 0.6 is 0 Å². The van der Waals surface area contributed by atoms with Crippen LogP contribution in [0, 0.1) is 5.92 Å². The molecule has 0 aliphatic carbocycles. The molecule has 1 fully saturated rings. The minimum atomic E-state index is -0.833. The van der Waals surface area contributed by atoms with E-state index < -0.39 is 12.1 Å². The molecular weight excluding hydrogens is 120 g/mol. The third kappa shape index (κ3) is 1.21. The van der Waals surface area contributed by atoms with Gasteiger partial charge in [-0.2, -0.15) is 0 Å². The lowest BCUT2D eigenvalue weighted by Crippen LogP contribution is -2.24. The second kappa shape index (κ2) is 2.35. The van der Waals surface area contributed by atoms with Crippen LogP contribution in [0.3, 0.4) is 0 Å². The van der Waals surface area contributed by atoms with E-state index in [2.05, 4.69) is 0 Å². The van der Waals surface area contributed by atoms with Gasteiger partial charge >= 0.3 is 5.97 Å². The number of rotatable bonds is 1. The summed E-state index contributed by atoms with van der Waals surface area (Å²) < 4.78 is 4.93. The van der Waals surface area contributed by atoms with Crippen molar-refractivity contribution in [2.24, 2.45) is 5.92 Å². The monoisotopic (exact) mass is 130 g/mol. The van der Waals surface area contributed by atoms with Crippen molar-refractivity contribution in [1.29, 1.82) is 0 Å². The van der Waals surface area contributed by atoms with Gasteiger partial charge in [-0.05, 0) is 12.3 Å². The van der Waals surface area contributed by atoms with Crippen LogP contribution in [0.1, 0.15) is 13.3 Å². The Morgan fingerprint density at radius 2 is 2.44 bits per heavy atom. The van der Waals surface area contributed by atoms with E-state index in [1.54, 1.807) is 0 Å². The molecule has 0 unspecified atom stereocenters. The molecule has 3 nitrogen and oxygen atoms in total. The van der Waals surface area contributed by atoms with Gasteiger partial charge in [0.2, 0.25) is 0 Å². The summed E-state index contributed by atoms with van der Waals surface area (Å²) in [7, 11) is 0. The van der Waals surface area contributed by atoms with Gasteiger partial charge in [-0.1, -0.05) is 6.92 Å². The molecule has 0 saturated carbocycles. The van der Waals surface area contributed by atoms with Gasteiger partial charge in [0.05, 0.1) is 0 Å². The minimum absolute atomic E-state index is 0.183. The largest absolute Gasteiger partial charge is 0.479 e. The molecule has 52 valence electrons. The van der Waals surface area contributed by atoms with Crippen molar-refractivity contribution < 1.29 is 14.6 Å². The fourth-order valence-electron chi connectivity index (χ4n) is 1.01. The summed E-state index contributed by atoms with van der Waals surface area (Å²) in [5.74, 6) is -0.650. The first kappa shape index (κ1) is 6.55. The minimum Gasteiger partial charge on any atom is -0.479 e. The Morgan fingerprint density at radius 1 is 1.78 bits per heavy atom. The van der Waals surface area contributed by atoms with Gasteiger partial charge in [0.1, 0.15) is 0 Å². The van der Waals surface area contributed by atoms with Gasteiger partial charge in [0, 0.05) is 6.61 Å². The summed E-state index contributed by atoms with van der Waals surface area (Å²) in [6.45, 7) is 2.49. The molecule has 1 N–H and O–H groups in total. The number of aliphatic carboxylic acids is 1. The van der Waals surface area contributed by atoms with Crippen LogP contribution in [0.5, 0.6) is 0 Å². The first-order chi connectivity index (χ1) is 4.22. The van der Waals surface area contributed by atoms with Crippen molar-refractivity contribution >= 4 is 5.97 Å². The smallest absolute Gasteiger partial charge is 0.333 e. The Bertz CT molecular complexity index is 121. The molecule has 3 heteroatoms. The Labute approximate surface area is 53.6 Å². The van der Waals surface area contributed by atoms with Crippen LogP contribution in [-0.4, -0.2) is 23.8 Å². The van der Waals surface area contributed by atoms with Gasteiger partial charge in [-0.3, -0.25) is 0 Å². The summed E-state index contributed by atoms with van der Waals surface area (Å²) in [6, 6.07) is 0. The van der Waals surface area contributed by atoms with Gasteiger partial charge in [0.25, 0.3) is 0 Å². The molecule has 0 amide bonds. The highest BCUT2D eigenvalue weighted by Gasteiger charge is 2.30. The molecule has 0 spiro atoms. The second-order valence-corrected chi connectivity index (χ2v) is 2.40. The topological polar surface area (TPSA) is 46.5 Å². The van der Waals surface area contributed by atoms with Gasteiger partial charge in [-0.25, -0.2) is 4.79 Å². The standard InChI is InChI=1S/C6H10O3/c1-4-2-3-9-5(4)6(7)8/h4-5H,2-3H2,1H3,(H,7,8)/t4-,5-/m0/s1. The fourth-order valence-corrected chi connectivity index (χ4v) is 1.01. The summed E-state index contributed by atoms with van der Waals surface area (Å²) in [6.07, 6.45) is 0.321. The lowest BCUT2D eigenvalue weighted by atomic mass is 10.1. The van der Waals surface area contributed by atoms with Gasteiger partial charge in [-0.15, -0.1) is 0 Å². The first-order valence-corrected chi connectivity index (χ1v) is 3.06. The summed E-state index contributed by atoms with van der Waals surface area (Å²) >= 11 is 0. The van der Waals surface area contributed by atoms with Crippen LogP contribution in [0.2, 0.25) is 0 Å². The highest BCUT2D eigenvalue weighted by Crippen LogP contribution is 2.19. The Balaban J connectivity index is 2.49. The zero-order chi connectivity index (χ0) is 6.85. The average Bonchev–Trinajstić information content (AvgIpc) is 2.13. The van der Waals surface area contributed by atoms with E-state index in [-0.39, 0.29) is 5.92 Å². The van der Waals surface area contributed by atoms with E-state index >= 15 is 0 Å². The quantitative estimate of drug-likeness (QED) is 0.562. The Morgan fingerprint density at radius 3 is 2.67 bits per heavy atom. The van der Waals surface area contributed by atoms with E-state index in [1.807, 2.05) is 6.92 Å². The second-order valence-electron chi connectivity index (χ2n) is 2.40. The predicted molar refractivity (Wildman–Crippen MR) is 31.2 cm³/mol. The molecule has 1 saturated heterocycles. The maximum absolute atomic E-state index is 10.3. The Hall–Kier alpha value is -0.570. The third-order valence-corrected chi connectivity index (χ3v) is 1.63. The predicted octanol–water partition coefficient (Wildman–Crippen LogP) is 0.496. The van der Waals surface area contributed by atoms with E-state index in [9.17, 15) is 4.79 Å². The van der Waals surface area contributed by atoms with Crippen molar-refractivity contribution in [2.75, 3.05) is 6.61 Å². The molecule has 1 heterocycles. The highest BCUT2D eigenvalue weighted by atomic mass is 16.5. The van der Waals surface area contributed by atoms with Crippen molar-refractivity contribution in [3.63, 3.8) is 0 Å². The maximum atomic E-state index is 10.3. The van der Waals surface area contributed by atoms with Crippen LogP contribution < -0.4 is 0 Å². The number of carbonyl (C=O) groups is 1. The maximum Gasteiger partial charge on any atom is 0.333 e. The summed E-state index contributed by atoms with van der Waals surface area (Å²) in [5, 5.41) is 8.46. The van der Waals surface area contributed by atoms with E-state index in [1.165, 1.54) is 0 Å². The molecule has 1 rings (SSSR count). The number of hydrogen-bond donors (Lipinski definition) is 1. The van der Waals surface area contributed by atoms with Crippen LogP contribution in [0.15, 0.2) is 0 Å². The number of carboxylic acid groups (broad SMARTS) is 1. The highest BCUT2D eigenvalue weighted by molar-refractivity contribution is 5.72. The normalized spacial score (nSPS) is 34.8. The van der Waals surface area contributed by atoms with Crippen molar-refractivity contribution in [2.45, 2.75) is 19.4 Å². The van der Waals surface area contributed by atoms with Crippen LogP contribution in [-0.2, 0) is 9.53 Å². The van der Waals surface area contributed by atoms with Crippen molar-refractivity contribution in [3.05, 3.63) is 0 Å². The third-order valence-electron chi connectivity index (χ3n) is 1.63. The summed E-state index contributed by atoms with van der Waals surface area (Å²) in [4.78, 5) is 10.3. The molecular formula is C6H10O3. The molecule has 0 bridgehead atoms. The zero-order valence-corrected chi connectivity index (χ0v) is 5.33. The zero-order valence-electron chi connectivity index (χ0n) is 5.33. The Kier molecular flexibility index (Phi) is 1.71. The molecule has 9 heavy (non-hydrogen) atoms. The van der Waals surface area contributed by atoms with Gasteiger partial charge in [0.15, 0.2) is 6.10 Å². The van der Waals surface area contributed by atoms with E-state index in [4.69, 9.17) is 9.84 Å². The van der Waals surface area contributed by atoms with E-state index in [0.717, 1.165) is 6.42 Å². The van der Waals surface area contributed by atoms with Gasteiger partial charge < -0.3 is 9.84 Å². The fraction of sp³-hybridized carbons (Fsp3) is 0.833. The summed E-state index contributed by atoms with van der Waals surface area (Å²) in [5.41, 5.74) is 0. The van der Waals surface area contributed by atoms with Crippen molar-refractivity contribution in [1.82, 2.24) is 0 Å². The van der Waals surface area contributed by atoms with Crippen LogP contribution in [0.4, 0.5) is 0 Å². The lowest BCUT2D eigenvalue weighted by Gasteiger charge is -2.06. The molecule has 0 aromatic carbocycles.